The molecule has 0 saturated heterocycles. The third-order valence-corrected chi connectivity index (χ3v) is 4.61. The van der Waals surface area contributed by atoms with Gasteiger partial charge < -0.3 is 11.1 Å². The Bertz CT molecular complexity index is 472. The molecule has 1 aliphatic carbocycles. The molecule has 1 heterocycles. The van der Waals surface area contributed by atoms with E-state index in [-0.39, 0.29) is 11.9 Å². The Morgan fingerprint density at radius 3 is 2.38 bits per heavy atom. The third-order valence-electron chi connectivity index (χ3n) is 4.61. The smallest absolute Gasteiger partial charge is 0.221 e. The molecule has 3 N–H and O–H groups in total. The number of rotatable bonds is 5. The van der Waals surface area contributed by atoms with Gasteiger partial charge in [-0.3, -0.25) is 9.69 Å². The minimum atomic E-state index is 0.162. The van der Waals surface area contributed by atoms with Crippen LogP contribution in [0.1, 0.15) is 30.4 Å². The summed E-state index contributed by atoms with van der Waals surface area (Å²) in [5.74, 6) is 0.162. The highest BCUT2D eigenvalue weighted by Gasteiger charge is 2.27. The summed E-state index contributed by atoms with van der Waals surface area (Å²) in [6, 6.07) is 9.25. The van der Waals surface area contributed by atoms with Crippen molar-refractivity contribution in [1.82, 2.24) is 10.2 Å². The van der Waals surface area contributed by atoms with Gasteiger partial charge in [0.25, 0.3) is 0 Å². The zero-order valence-electron chi connectivity index (χ0n) is 12.6. The highest BCUT2D eigenvalue weighted by atomic mass is 16.1. The van der Waals surface area contributed by atoms with Crippen LogP contribution in [-0.2, 0) is 17.6 Å². The molecule has 1 aliphatic heterocycles. The Labute approximate surface area is 126 Å². The number of nitrogens with one attached hydrogen (secondary N) is 1. The minimum Gasteiger partial charge on any atom is -0.353 e. The van der Waals surface area contributed by atoms with E-state index < -0.39 is 0 Å². The number of carbonyl (C=O) groups excluding carboxylic acids is 1. The number of amides is 1. The van der Waals surface area contributed by atoms with E-state index in [4.69, 9.17) is 5.73 Å². The van der Waals surface area contributed by atoms with Crippen LogP contribution in [-0.4, -0.2) is 42.5 Å². The molecule has 21 heavy (non-hydrogen) atoms. The van der Waals surface area contributed by atoms with Gasteiger partial charge in [-0.25, -0.2) is 0 Å². The Hall–Kier alpha value is -1.39. The van der Waals surface area contributed by atoms with E-state index >= 15 is 0 Å². The number of nitrogens with zero attached hydrogens (tertiary/aromatic N) is 1. The molecule has 1 unspecified atom stereocenters. The molecular weight excluding hydrogens is 262 g/mol. The number of hydrogen-bond donors (Lipinski definition) is 2. The predicted octanol–water partition coefficient (Wildman–Crippen LogP) is 1.08. The summed E-state index contributed by atoms with van der Waals surface area (Å²) in [5, 5.41) is 3.07. The van der Waals surface area contributed by atoms with Gasteiger partial charge in [-0.2, -0.15) is 0 Å². The largest absolute Gasteiger partial charge is 0.353 e. The van der Waals surface area contributed by atoms with Crippen LogP contribution in [0.3, 0.4) is 0 Å². The van der Waals surface area contributed by atoms with Crippen LogP contribution in [0.25, 0.3) is 0 Å². The Kier molecular flexibility index (Phi) is 4.56. The standard InChI is InChI=1S/C17H25N3O/c18-12-16(11-17(21)19-15-5-6-15)20-9-7-13-3-1-2-4-14(13)8-10-20/h1-4,15-16H,5-12,18H2,(H,19,21). The van der Waals surface area contributed by atoms with Gasteiger partial charge in [0, 0.05) is 38.1 Å². The molecule has 0 radical (unpaired) electrons. The average molecular weight is 287 g/mol. The Balaban J connectivity index is 1.58. The molecule has 1 amide bonds. The molecule has 1 fully saturated rings. The van der Waals surface area contributed by atoms with Crippen LogP contribution in [0, 0.1) is 0 Å². The molecular formula is C17H25N3O. The third kappa shape index (κ3) is 3.83. The molecule has 1 aromatic rings. The lowest BCUT2D eigenvalue weighted by molar-refractivity contribution is -0.122. The maximum atomic E-state index is 12.0. The van der Waals surface area contributed by atoms with Crippen LogP contribution in [0.5, 0.6) is 0 Å². The van der Waals surface area contributed by atoms with Crippen molar-refractivity contribution in [3.05, 3.63) is 35.4 Å². The fourth-order valence-corrected chi connectivity index (χ4v) is 3.14. The summed E-state index contributed by atoms with van der Waals surface area (Å²) in [4.78, 5) is 14.4. The average Bonchev–Trinajstić information content (AvgIpc) is 3.31. The SMILES string of the molecule is NCC(CC(=O)NC1CC1)N1CCc2ccccc2CC1. The van der Waals surface area contributed by atoms with Crippen molar-refractivity contribution in [2.24, 2.45) is 5.73 Å². The molecule has 1 saturated carbocycles. The molecule has 0 aromatic heterocycles. The summed E-state index contributed by atoms with van der Waals surface area (Å²) in [5.41, 5.74) is 8.82. The van der Waals surface area contributed by atoms with Gasteiger partial charge in [0.2, 0.25) is 5.91 Å². The van der Waals surface area contributed by atoms with Gasteiger partial charge in [0.15, 0.2) is 0 Å². The second-order valence-corrected chi connectivity index (χ2v) is 6.24. The number of hydrogen-bond acceptors (Lipinski definition) is 3. The summed E-state index contributed by atoms with van der Waals surface area (Å²) in [6.07, 6.45) is 4.91. The van der Waals surface area contributed by atoms with E-state index in [1.54, 1.807) is 0 Å². The lowest BCUT2D eigenvalue weighted by Crippen LogP contribution is -2.45. The fraction of sp³-hybridized carbons (Fsp3) is 0.588. The first-order valence-corrected chi connectivity index (χ1v) is 8.06. The van der Waals surface area contributed by atoms with Crippen molar-refractivity contribution in [2.75, 3.05) is 19.6 Å². The van der Waals surface area contributed by atoms with Crippen molar-refractivity contribution < 1.29 is 4.79 Å². The van der Waals surface area contributed by atoms with E-state index in [1.807, 2.05) is 0 Å². The number of benzene rings is 1. The maximum Gasteiger partial charge on any atom is 0.221 e. The normalized spacial score (nSPS) is 20.4. The lowest BCUT2D eigenvalue weighted by atomic mass is 10.0. The quantitative estimate of drug-likeness (QED) is 0.852. The first-order valence-electron chi connectivity index (χ1n) is 8.06. The van der Waals surface area contributed by atoms with Crippen molar-refractivity contribution in [2.45, 2.75) is 44.2 Å². The van der Waals surface area contributed by atoms with Crippen LogP contribution < -0.4 is 11.1 Å². The molecule has 3 rings (SSSR count). The Morgan fingerprint density at radius 1 is 1.24 bits per heavy atom. The van der Waals surface area contributed by atoms with Crippen molar-refractivity contribution in [1.29, 1.82) is 0 Å². The fourth-order valence-electron chi connectivity index (χ4n) is 3.14. The van der Waals surface area contributed by atoms with E-state index in [0.717, 1.165) is 38.8 Å². The van der Waals surface area contributed by atoms with Crippen molar-refractivity contribution in [3.63, 3.8) is 0 Å². The van der Waals surface area contributed by atoms with Crippen LogP contribution in [0.15, 0.2) is 24.3 Å². The summed E-state index contributed by atoms with van der Waals surface area (Å²) in [7, 11) is 0. The van der Waals surface area contributed by atoms with Crippen LogP contribution >= 0.6 is 0 Å². The van der Waals surface area contributed by atoms with E-state index in [9.17, 15) is 4.79 Å². The van der Waals surface area contributed by atoms with Gasteiger partial charge in [0.05, 0.1) is 0 Å². The zero-order valence-corrected chi connectivity index (χ0v) is 12.6. The summed E-state index contributed by atoms with van der Waals surface area (Å²) >= 11 is 0. The summed E-state index contributed by atoms with van der Waals surface area (Å²) < 4.78 is 0. The summed E-state index contributed by atoms with van der Waals surface area (Å²) in [6.45, 7) is 2.54. The molecule has 1 atom stereocenters. The second-order valence-electron chi connectivity index (χ2n) is 6.24. The number of carbonyl (C=O) groups is 1. The maximum absolute atomic E-state index is 12.0. The van der Waals surface area contributed by atoms with Gasteiger partial charge in [-0.1, -0.05) is 24.3 Å². The van der Waals surface area contributed by atoms with Gasteiger partial charge in [0.1, 0.15) is 0 Å². The zero-order chi connectivity index (χ0) is 14.7. The second kappa shape index (κ2) is 6.58. The molecule has 0 bridgehead atoms. The lowest BCUT2D eigenvalue weighted by Gasteiger charge is -2.29. The van der Waals surface area contributed by atoms with E-state index in [2.05, 4.69) is 34.5 Å². The molecule has 0 spiro atoms. The van der Waals surface area contributed by atoms with Crippen molar-refractivity contribution >= 4 is 5.91 Å². The number of nitrogens with two attached hydrogens (primary N) is 1. The first-order chi connectivity index (χ1) is 10.3. The van der Waals surface area contributed by atoms with Gasteiger partial charge in [-0.15, -0.1) is 0 Å². The monoisotopic (exact) mass is 287 g/mol. The van der Waals surface area contributed by atoms with Gasteiger partial charge in [-0.05, 0) is 36.8 Å². The highest BCUT2D eigenvalue weighted by molar-refractivity contribution is 5.77. The van der Waals surface area contributed by atoms with E-state index in [0.29, 0.717) is 19.0 Å². The molecule has 2 aliphatic rings. The highest BCUT2D eigenvalue weighted by Crippen LogP contribution is 2.20. The molecule has 114 valence electrons. The Morgan fingerprint density at radius 2 is 1.86 bits per heavy atom. The topological polar surface area (TPSA) is 58.4 Å². The minimum absolute atomic E-state index is 0.162. The molecule has 4 nitrogen and oxygen atoms in total. The molecule has 4 heteroatoms. The van der Waals surface area contributed by atoms with Crippen molar-refractivity contribution in [3.8, 4) is 0 Å². The van der Waals surface area contributed by atoms with Crippen LogP contribution in [0.2, 0.25) is 0 Å². The first kappa shape index (κ1) is 14.5. The van der Waals surface area contributed by atoms with Gasteiger partial charge >= 0.3 is 0 Å². The predicted molar refractivity (Wildman–Crippen MR) is 84.0 cm³/mol. The van der Waals surface area contributed by atoms with E-state index in [1.165, 1.54) is 11.1 Å². The molecule has 1 aromatic carbocycles. The van der Waals surface area contributed by atoms with Crippen LogP contribution in [0.4, 0.5) is 0 Å². The number of fused-ring (bicyclic) bond motifs is 1.